The molecule has 1 aliphatic heterocycles. The van der Waals surface area contributed by atoms with Gasteiger partial charge in [-0.2, -0.15) is 0 Å². The molecule has 0 aliphatic carbocycles. The Morgan fingerprint density at radius 1 is 0.979 bits per heavy atom. The molecular weight excluding hydrogens is 597 g/mol. The number of hydrogen-bond donors (Lipinski definition) is 2. The third-order valence-electron chi connectivity index (χ3n) is 8.97. The topological polar surface area (TPSA) is 105 Å². The molecular formula is C38H38FN3O5. The summed E-state index contributed by atoms with van der Waals surface area (Å²) in [5.74, 6) is -0.473. The number of fused-ring (bicyclic) bond motifs is 1. The Bertz CT molecular complexity index is 1810. The van der Waals surface area contributed by atoms with E-state index in [9.17, 15) is 19.1 Å². The Labute approximate surface area is 273 Å². The van der Waals surface area contributed by atoms with Crippen LogP contribution in [0.1, 0.15) is 30.9 Å². The van der Waals surface area contributed by atoms with Gasteiger partial charge in [0.15, 0.2) is 0 Å². The van der Waals surface area contributed by atoms with Gasteiger partial charge in [0.2, 0.25) is 5.91 Å². The lowest BCUT2D eigenvalue weighted by atomic mass is 9.74. The summed E-state index contributed by atoms with van der Waals surface area (Å²) in [7, 11) is 0. The first-order chi connectivity index (χ1) is 22.8. The number of aromatic hydroxyl groups is 1. The van der Waals surface area contributed by atoms with E-state index >= 15 is 0 Å². The van der Waals surface area contributed by atoms with E-state index in [0.717, 1.165) is 33.3 Å². The number of carbonyl (C=O) groups excluding carboxylic acids is 2. The number of phenols is 1. The highest BCUT2D eigenvalue weighted by Gasteiger charge is 2.36. The van der Waals surface area contributed by atoms with E-state index in [-0.39, 0.29) is 35.9 Å². The van der Waals surface area contributed by atoms with Crippen LogP contribution in [0.3, 0.4) is 0 Å². The molecule has 0 spiro atoms. The maximum Gasteiger partial charge on any atom is 0.332 e. The predicted molar refractivity (Wildman–Crippen MR) is 178 cm³/mol. The van der Waals surface area contributed by atoms with Gasteiger partial charge in [-0.3, -0.25) is 9.78 Å². The number of amides is 1. The van der Waals surface area contributed by atoms with Gasteiger partial charge in [-0.05, 0) is 73.2 Å². The fourth-order valence-corrected chi connectivity index (χ4v) is 6.39. The fraction of sp³-hybridized carbons (Fsp3) is 0.289. The number of nitrogens with zero attached hydrogens (tertiary/aromatic N) is 2. The highest BCUT2D eigenvalue weighted by atomic mass is 19.1. The van der Waals surface area contributed by atoms with Crippen molar-refractivity contribution in [1.29, 1.82) is 0 Å². The highest BCUT2D eigenvalue weighted by molar-refractivity contribution is 5.89. The molecule has 242 valence electrons. The second-order valence-corrected chi connectivity index (χ2v) is 12.2. The van der Waals surface area contributed by atoms with Crippen LogP contribution in [-0.4, -0.2) is 64.8 Å². The minimum atomic E-state index is -0.405. The molecule has 2 aromatic heterocycles. The number of phenolic OH excluding ortho intramolecular Hbond substituents is 1. The van der Waals surface area contributed by atoms with Crippen molar-refractivity contribution in [3.05, 3.63) is 108 Å². The maximum absolute atomic E-state index is 13.5. The number of aromatic amines is 1. The molecule has 1 aliphatic rings. The van der Waals surface area contributed by atoms with Crippen molar-refractivity contribution in [2.24, 2.45) is 5.41 Å². The van der Waals surface area contributed by atoms with Crippen molar-refractivity contribution >= 4 is 22.8 Å². The number of piperidine rings is 1. The molecule has 3 aromatic carbocycles. The number of aromatic nitrogens is 2. The van der Waals surface area contributed by atoms with E-state index in [1.807, 2.05) is 59.5 Å². The first-order valence-corrected chi connectivity index (χ1v) is 15.9. The number of rotatable bonds is 11. The molecule has 6 rings (SSSR count). The summed E-state index contributed by atoms with van der Waals surface area (Å²) in [4.78, 5) is 34.6. The van der Waals surface area contributed by atoms with Crippen molar-refractivity contribution in [3.63, 3.8) is 0 Å². The Balaban J connectivity index is 1.09. The number of halogens is 1. The average molecular weight is 636 g/mol. The van der Waals surface area contributed by atoms with Crippen molar-refractivity contribution in [3.8, 4) is 28.1 Å². The lowest BCUT2D eigenvalue weighted by molar-refractivity contribution is -0.150. The van der Waals surface area contributed by atoms with Gasteiger partial charge in [0, 0.05) is 41.2 Å². The van der Waals surface area contributed by atoms with Crippen LogP contribution in [-0.2, 0) is 31.9 Å². The molecule has 0 radical (unpaired) electrons. The third-order valence-corrected chi connectivity index (χ3v) is 8.97. The Kier molecular flexibility index (Phi) is 9.63. The van der Waals surface area contributed by atoms with Crippen molar-refractivity contribution in [1.82, 2.24) is 14.9 Å². The molecule has 0 saturated carbocycles. The Morgan fingerprint density at radius 3 is 2.43 bits per heavy atom. The van der Waals surface area contributed by atoms with Crippen LogP contribution >= 0.6 is 0 Å². The molecule has 47 heavy (non-hydrogen) atoms. The van der Waals surface area contributed by atoms with Gasteiger partial charge >= 0.3 is 5.97 Å². The summed E-state index contributed by atoms with van der Waals surface area (Å²) < 4.78 is 24.4. The van der Waals surface area contributed by atoms with Gasteiger partial charge in [-0.25, -0.2) is 9.18 Å². The van der Waals surface area contributed by atoms with Crippen LogP contribution < -0.4 is 0 Å². The summed E-state index contributed by atoms with van der Waals surface area (Å²) in [6.45, 7) is 3.39. The summed E-state index contributed by atoms with van der Waals surface area (Å²) in [6.07, 6.45) is 5.81. The zero-order chi connectivity index (χ0) is 32.8. The van der Waals surface area contributed by atoms with E-state index in [4.69, 9.17) is 9.47 Å². The zero-order valence-electron chi connectivity index (χ0n) is 26.4. The molecule has 0 atom stereocenters. The number of likely N-dealkylation sites (tertiary alicyclic amines) is 1. The number of H-pyrrole nitrogens is 1. The Hall–Kier alpha value is -5.02. The first kappa shape index (κ1) is 31.9. The predicted octanol–water partition coefficient (Wildman–Crippen LogP) is 6.72. The number of nitrogens with one attached hydrogen (secondary N) is 1. The van der Waals surface area contributed by atoms with Crippen LogP contribution in [0.2, 0.25) is 0 Å². The SMILES string of the molecule is CCOC(=O)COCC1(Cc2ccc(F)cc2)CCN(C(=O)Cc2ccc(-c3cccc(-c4cc5ccncc5[nH]4)c3O)cc2)CC1. The van der Waals surface area contributed by atoms with Crippen LogP contribution in [0, 0.1) is 11.2 Å². The number of pyridine rings is 1. The number of benzene rings is 3. The van der Waals surface area contributed by atoms with Gasteiger partial charge in [0.25, 0.3) is 0 Å². The van der Waals surface area contributed by atoms with Crippen LogP contribution in [0.5, 0.6) is 5.75 Å². The average Bonchev–Trinajstić information content (AvgIpc) is 3.51. The van der Waals surface area contributed by atoms with E-state index in [1.54, 1.807) is 31.5 Å². The maximum atomic E-state index is 13.5. The van der Waals surface area contributed by atoms with E-state index in [2.05, 4.69) is 9.97 Å². The van der Waals surface area contributed by atoms with Gasteiger partial charge in [-0.1, -0.05) is 48.5 Å². The van der Waals surface area contributed by atoms with Gasteiger partial charge in [0.1, 0.15) is 18.2 Å². The van der Waals surface area contributed by atoms with Gasteiger partial charge in [0.05, 0.1) is 37.0 Å². The molecule has 0 bridgehead atoms. The lowest BCUT2D eigenvalue weighted by Crippen LogP contribution is -2.46. The molecule has 1 fully saturated rings. The molecule has 1 saturated heterocycles. The van der Waals surface area contributed by atoms with Gasteiger partial charge in [-0.15, -0.1) is 0 Å². The lowest BCUT2D eigenvalue weighted by Gasteiger charge is -2.42. The van der Waals surface area contributed by atoms with Crippen molar-refractivity contribution < 1.29 is 28.6 Å². The van der Waals surface area contributed by atoms with Crippen LogP contribution in [0.15, 0.2) is 91.3 Å². The molecule has 9 heteroatoms. The molecule has 2 N–H and O–H groups in total. The summed E-state index contributed by atoms with van der Waals surface area (Å²) in [5.41, 5.74) is 5.55. The largest absolute Gasteiger partial charge is 0.507 e. The minimum absolute atomic E-state index is 0.0405. The molecule has 0 unspecified atom stereocenters. The molecule has 3 heterocycles. The second kappa shape index (κ2) is 14.2. The monoisotopic (exact) mass is 635 g/mol. The standard InChI is InChI=1S/C38H38FN3O5/c1-2-47-36(44)24-46-25-38(22-27-8-12-30(39)13-9-27)15-18-42(19-16-38)35(43)20-26-6-10-28(11-7-26)31-4-3-5-32(37(31)45)33-21-29-14-17-40-23-34(29)41-33/h3-14,17,21,23,41,45H,2,15-16,18-20,22,24-25H2,1H3. The molecule has 5 aromatic rings. The minimum Gasteiger partial charge on any atom is -0.507 e. The van der Waals surface area contributed by atoms with Gasteiger partial charge < -0.3 is 24.5 Å². The van der Waals surface area contributed by atoms with E-state index in [0.29, 0.717) is 56.7 Å². The second-order valence-electron chi connectivity index (χ2n) is 12.2. The number of ether oxygens (including phenoxy) is 2. The molecule has 8 nitrogen and oxygen atoms in total. The normalized spacial score (nSPS) is 14.3. The summed E-state index contributed by atoms with van der Waals surface area (Å²) in [6, 6.07) is 23.8. The Morgan fingerprint density at radius 2 is 1.70 bits per heavy atom. The van der Waals surface area contributed by atoms with E-state index < -0.39 is 5.97 Å². The summed E-state index contributed by atoms with van der Waals surface area (Å²) in [5, 5.41) is 12.2. The van der Waals surface area contributed by atoms with Crippen LogP contribution in [0.4, 0.5) is 4.39 Å². The number of carbonyl (C=O) groups is 2. The van der Waals surface area contributed by atoms with Crippen molar-refractivity contribution in [2.45, 2.75) is 32.6 Å². The zero-order valence-corrected chi connectivity index (χ0v) is 26.4. The van der Waals surface area contributed by atoms with Crippen LogP contribution in [0.25, 0.3) is 33.3 Å². The number of para-hydroxylation sites is 1. The quantitative estimate of drug-likeness (QED) is 0.156. The number of esters is 1. The fourth-order valence-electron chi connectivity index (χ4n) is 6.39. The number of hydrogen-bond acceptors (Lipinski definition) is 6. The molecule has 1 amide bonds. The smallest absolute Gasteiger partial charge is 0.332 e. The highest BCUT2D eigenvalue weighted by Crippen LogP contribution is 2.39. The summed E-state index contributed by atoms with van der Waals surface area (Å²) >= 11 is 0. The third kappa shape index (κ3) is 7.52. The van der Waals surface area contributed by atoms with Crippen molar-refractivity contribution in [2.75, 3.05) is 32.9 Å². The first-order valence-electron chi connectivity index (χ1n) is 15.9. The van der Waals surface area contributed by atoms with E-state index in [1.165, 1.54) is 12.1 Å².